The molecule has 0 radical (unpaired) electrons. The highest BCUT2D eigenvalue weighted by atomic mass is 16.5. The molecule has 2 heteroatoms. The highest BCUT2D eigenvalue weighted by Gasteiger charge is 2.36. The van der Waals surface area contributed by atoms with E-state index < -0.39 is 0 Å². The third-order valence-electron chi connectivity index (χ3n) is 4.76. The first-order valence-corrected chi connectivity index (χ1v) is 7.26. The standard InChI is InChI=1S/C15H28O2/c1-15(2,3)12-6-7-14(16)11(9-12)10-13-5-4-8-17-13/h11-14,16H,4-10H2,1-3H3. The van der Waals surface area contributed by atoms with Crippen molar-refractivity contribution < 1.29 is 9.84 Å². The Labute approximate surface area is 106 Å². The molecule has 1 saturated heterocycles. The van der Waals surface area contributed by atoms with E-state index in [1.165, 1.54) is 25.7 Å². The lowest BCUT2D eigenvalue weighted by Crippen LogP contribution is -2.36. The van der Waals surface area contributed by atoms with E-state index in [4.69, 9.17) is 4.74 Å². The molecule has 1 aliphatic heterocycles. The number of hydrogen-bond donors (Lipinski definition) is 1. The van der Waals surface area contributed by atoms with Crippen molar-refractivity contribution >= 4 is 0 Å². The summed E-state index contributed by atoms with van der Waals surface area (Å²) >= 11 is 0. The Kier molecular flexibility index (Phi) is 4.14. The van der Waals surface area contributed by atoms with Crippen LogP contribution in [0.15, 0.2) is 0 Å². The van der Waals surface area contributed by atoms with Crippen molar-refractivity contribution in [3.8, 4) is 0 Å². The van der Waals surface area contributed by atoms with Gasteiger partial charge in [0.15, 0.2) is 0 Å². The zero-order valence-electron chi connectivity index (χ0n) is 11.6. The number of rotatable bonds is 2. The number of aliphatic hydroxyl groups is 1. The van der Waals surface area contributed by atoms with E-state index in [2.05, 4.69) is 20.8 Å². The van der Waals surface area contributed by atoms with E-state index in [0.29, 0.717) is 17.4 Å². The fourth-order valence-corrected chi connectivity index (χ4v) is 3.46. The molecule has 0 aromatic carbocycles. The van der Waals surface area contributed by atoms with Crippen LogP contribution < -0.4 is 0 Å². The topological polar surface area (TPSA) is 29.5 Å². The molecule has 4 atom stereocenters. The van der Waals surface area contributed by atoms with Gasteiger partial charge in [-0.15, -0.1) is 0 Å². The fourth-order valence-electron chi connectivity index (χ4n) is 3.46. The summed E-state index contributed by atoms with van der Waals surface area (Å²) in [6.45, 7) is 7.92. The number of aliphatic hydroxyl groups excluding tert-OH is 1. The molecule has 2 nitrogen and oxygen atoms in total. The van der Waals surface area contributed by atoms with E-state index >= 15 is 0 Å². The minimum Gasteiger partial charge on any atom is -0.393 e. The third kappa shape index (κ3) is 3.45. The largest absolute Gasteiger partial charge is 0.393 e. The van der Waals surface area contributed by atoms with Gasteiger partial charge in [0, 0.05) is 6.61 Å². The zero-order chi connectivity index (χ0) is 12.5. The van der Waals surface area contributed by atoms with E-state index in [-0.39, 0.29) is 6.10 Å². The van der Waals surface area contributed by atoms with Crippen LogP contribution in [0.5, 0.6) is 0 Å². The summed E-state index contributed by atoms with van der Waals surface area (Å²) in [6.07, 6.45) is 7.18. The van der Waals surface area contributed by atoms with E-state index in [1.807, 2.05) is 0 Å². The minimum atomic E-state index is -0.0854. The predicted octanol–water partition coefficient (Wildman–Crippen LogP) is 3.38. The van der Waals surface area contributed by atoms with Crippen LogP contribution in [0, 0.1) is 17.3 Å². The van der Waals surface area contributed by atoms with Crippen molar-refractivity contribution in [2.45, 2.75) is 71.5 Å². The second-order valence-electron chi connectivity index (χ2n) is 7.07. The Balaban J connectivity index is 1.90. The smallest absolute Gasteiger partial charge is 0.0579 e. The van der Waals surface area contributed by atoms with Crippen molar-refractivity contribution in [2.24, 2.45) is 17.3 Å². The van der Waals surface area contributed by atoms with Crippen LogP contribution in [0.4, 0.5) is 0 Å². The number of ether oxygens (including phenoxy) is 1. The van der Waals surface area contributed by atoms with Gasteiger partial charge in [0.05, 0.1) is 12.2 Å². The third-order valence-corrected chi connectivity index (χ3v) is 4.76. The quantitative estimate of drug-likeness (QED) is 0.802. The SMILES string of the molecule is CC(C)(C)C1CCC(O)C(CC2CCCO2)C1. The molecule has 17 heavy (non-hydrogen) atoms. The van der Waals surface area contributed by atoms with Crippen molar-refractivity contribution in [3.05, 3.63) is 0 Å². The second kappa shape index (κ2) is 5.27. The number of hydrogen-bond acceptors (Lipinski definition) is 2. The Hall–Kier alpha value is -0.0800. The Bertz CT molecular complexity index is 238. The summed E-state index contributed by atoms with van der Waals surface area (Å²) in [4.78, 5) is 0. The van der Waals surface area contributed by atoms with Crippen LogP contribution >= 0.6 is 0 Å². The van der Waals surface area contributed by atoms with Crippen LogP contribution in [0.25, 0.3) is 0 Å². The van der Waals surface area contributed by atoms with Gasteiger partial charge < -0.3 is 9.84 Å². The maximum absolute atomic E-state index is 10.2. The molecular weight excluding hydrogens is 212 g/mol. The molecule has 1 aliphatic carbocycles. The van der Waals surface area contributed by atoms with Crippen molar-refractivity contribution in [1.82, 2.24) is 0 Å². The average molecular weight is 240 g/mol. The lowest BCUT2D eigenvalue weighted by molar-refractivity contribution is -0.0101. The molecule has 2 fully saturated rings. The Morgan fingerprint density at radius 1 is 1.18 bits per heavy atom. The molecule has 0 bridgehead atoms. The summed E-state index contributed by atoms with van der Waals surface area (Å²) in [5.74, 6) is 1.23. The predicted molar refractivity (Wildman–Crippen MR) is 69.9 cm³/mol. The van der Waals surface area contributed by atoms with Gasteiger partial charge in [-0.25, -0.2) is 0 Å². The van der Waals surface area contributed by atoms with Crippen LogP contribution in [-0.2, 0) is 4.74 Å². The van der Waals surface area contributed by atoms with Crippen LogP contribution in [0.3, 0.4) is 0 Å². The lowest BCUT2D eigenvalue weighted by atomic mass is 9.67. The first-order chi connectivity index (χ1) is 7.97. The summed E-state index contributed by atoms with van der Waals surface area (Å²) in [7, 11) is 0. The molecule has 2 rings (SSSR count). The Morgan fingerprint density at radius 2 is 1.94 bits per heavy atom. The molecule has 2 aliphatic rings. The molecule has 0 amide bonds. The lowest BCUT2D eigenvalue weighted by Gasteiger charge is -2.40. The summed E-state index contributed by atoms with van der Waals surface area (Å²) in [5.41, 5.74) is 0.384. The molecule has 1 saturated carbocycles. The molecule has 100 valence electrons. The molecular formula is C15H28O2. The summed E-state index contributed by atoms with van der Waals surface area (Å²) < 4.78 is 5.71. The van der Waals surface area contributed by atoms with Gasteiger partial charge in [0.2, 0.25) is 0 Å². The van der Waals surface area contributed by atoms with Crippen LogP contribution in [0.1, 0.15) is 59.3 Å². The monoisotopic (exact) mass is 240 g/mol. The van der Waals surface area contributed by atoms with E-state index in [0.717, 1.165) is 25.4 Å². The van der Waals surface area contributed by atoms with Gasteiger partial charge in [0.25, 0.3) is 0 Å². The molecule has 1 N–H and O–H groups in total. The van der Waals surface area contributed by atoms with E-state index in [1.54, 1.807) is 0 Å². The van der Waals surface area contributed by atoms with Crippen molar-refractivity contribution in [2.75, 3.05) is 6.61 Å². The highest BCUT2D eigenvalue weighted by molar-refractivity contribution is 4.87. The molecule has 0 aromatic rings. The molecule has 4 unspecified atom stereocenters. The maximum Gasteiger partial charge on any atom is 0.0579 e. The first-order valence-electron chi connectivity index (χ1n) is 7.26. The van der Waals surface area contributed by atoms with Crippen LogP contribution in [0.2, 0.25) is 0 Å². The van der Waals surface area contributed by atoms with E-state index in [9.17, 15) is 5.11 Å². The molecule has 0 aromatic heterocycles. The van der Waals surface area contributed by atoms with Gasteiger partial charge in [-0.1, -0.05) is 20.8 Å². The maximum atomic E-state index is 10.2. The zero-order valence-corrected chi connectivity index (χ0v) is 11.6. The first kappa shape index (κ1) is 13.4. The van der Waals surface area contributed by atoms with Gasteiger partial charge in [-0.2, -0.15) is 0 Å². The van der Waals surface area contributed by atoms with Gasteiger partial charge in [-0.3, -0.25) is 0 Å². The normalized spacial score (nSPS) is 39.5. The van der Waals surface area contributed by atoms with Crippen molar-refractivity contribution in [3.63, 3.8) is 0 Å². The van der Waals surface area contributed by atoms with Crippen LogP contribution in [-0.4, -0.2) is 23.9 Å². The van der Waals surface area contributed by atoms with Crippen molar-refractivity contribution in [1.29, 1.82) is 0 Å². The van der Waals surface area contributed by atoms with Gasteiger partial charge in [-0.05, 0) is 55.8 Å². The summed E-state index contributed by atoms with van der Waals surface area (Å²) in [5, 5.41) is 10.2. The van der Waals surface area contributed by atoms with Gasteiger partial charge in [0.1, 0.15) is 0 Å². The summed E-state index contributed by atoms with van der Waals surface area (Å²) in [6, 6.07) is 0. The average Bonchev–Trinajstić information content (AvgIpc) is 2.72. The second-order valence-corrected chi connectivity index (χ2v) is 7.07. The highest BCUT2D eigenvalue weighted by Crippen LogP contribution is 2.42. The minimum absolute atomic E-state index is 0.0854. The van der Waals surface area contributed by atoms with Gasteiger partial charge >= 0.3 is 0 Å². The molecule has 1 heterocycles. The molecule has 0 spiro atoms. The fraction of sp³-hybridized carbons (Fsp3) is 1.00. The Morgan fingerprint density at radius 3 is 2.53 bits per heavy atom.